The first kappa shape index (κ1) is 9.24. The van der Waals surface area contributed by atoms with Crippen LogP contribution in [0.4, 0.5) is 0 Å². The Balaban J connectivity index is 2.83. The third-order valence-electron chi connectivity index (χ3n) is 1.84. The molecule has 1 heterocycles. The fourth-order valence-corrected chi connectivity index (χ4v) is 1.28. The van der Waals surface area contributed by atoms with Crippen LogP contribution in [0.5, 0.6) is 0 Å². The van der Waals surface area contributed by atoms with Gasteiger partial charge in [-0.2, -0.15) is 0 Å². The van der Waals surface area contributed by atoms with Gasteiger partial charge in [0.1, 0.15) is 0 Å². The Morgan fingerprint density at radius 2 is 2.00 bits per heavy atom. The molecule has 0 aliphatic rings. The van der Waals surface area contributed by atoms with E-state index in [1.165, 1.54) is 5.56 Å². The van der Waals surface area contributed by atoms with Crippen LogP contribution < -0.4 is 0 Å². The summed E-state index contributed by atoms with van der Waals surface area (Å²) in [6.07, 6.45) is 2.95. The first-order valence-electron chi connectivity index (χ1n) is 4.39. The summed E-state index contributed by atoms with van der Waals surface area (Å²) in [5.74, 6) is 0. The Kier molecular flexibility index (Phi) is 2.51. The number of aryl methyl sites for hydroxylation is 1. The lowest BCUT2D eigenvalue weighted by Gasteiger charge is -2.18. The van der Waals surface area contributed by atoms with Gasteiger partial charge in [-0.15, -0.1) is 0 Å². The minimum Gasteiger partial charge on any atom is -0.261 e. The lowest BCUT2D eigenvalue weighted by Crippen LogP contribution is -2.10. The van der Waals surface area contributed by atoms with Crippen molar-refractivity contribution in [3.8, 4) is 0 Å². The van der Waals surface area contributed by atoms with Gasteiger partial charge in [-0.25, -0.2) is 0 Å². The fourth-order valence-electron chi connectivity index (χ4n) is 1.28. The molecule has 1 rings (SSSR count). The van der Waals surface area contributed by atoms with Crippen molar-refractivity contribution in [1.29, 1.82) is 0 Å². The molecular formula is C11H17N. The molecule has 0 N–H and O–H groups in total. The summed E-state index contributed by atoms with van der Waals surface area (Å²) >= 11 is 0. The molecule has 12 heavy (non-hydrogen) atoms. The molecule has 0 atom stereocenters. The van der Waals surface area contributed by atoms with E-state index in [-0.39, 0.29) is 0 Å². The highest BCUT2D eigenvalue weighted by Gasteiger charge is 2.12. The van der Waals surface area contributed by atoms with Gasteiger partial charge in [-0.1, -0.05) is 26.8 Å². The van der Waals surface area contributed by atoms with E-state index in [2.05, 4.69) is 38.7 Å². The standard InChI is InChI=1S/C11H17N/c1-9-10(6-5-7-12-9)8-11(2,3)4/h5-7H,8H2,1-4H3. The van der Waals surface area contributed by atoms with Crippen molar-refractivity contribution >= 4 is 0 Å². The van der Waals surface area contributed by atoms with Crippen LogP contribution >= 0.6 is 0 Å². The molecule has 0 bridgehead atoms. The highest BCUT2D eigenvalue weighted by atomic mass is 14.7. The van der Waals surface area contributed by atoms with Crippen LogP contribution in [0, 0.1) is 12.3 Å². The number of hydrogen-bond donors (Lipinski definition) is 0. The average Bonchev–Trinajstić information content (AvgIpc) is 1.91. The lowest BCUT2D eigenvalue weighted by atomic mass is 9.88. The summed E-state index contributed by atoms with van der Waals surface area (Å²) < 4.78 is 0. The van der Waals surface area contributed by atoms with Crippen LogP contribution in [0.2, 0.25) is 0 Å². The molecule has 0 radical (unpaired) electrons. The molecule has 0 fully saturated rings. The monoisotopic (exact) mass is 163 g/mol. The minimum absolute atomic E-state index is 0.355. The first-order valence-corrected chi connectivity index (χ1v) is 4.39. The molecule has 1 nitrogen and oxygen atoms in total. The zero-order chi connectivity index (χ0) is 9.19. The van der Waals surface area contributed by atoms with Crippen LogP contribution in [0.1, 0.15) is 32.0 Å². The van der Waals surface area contributed by atoms with Crippen molar-refractivity contribution in [1.82, 2.24) is 4.98 Å². The largest absolute Gasteiger partial charge is 0.261 e. The average molecular weight is 163 g/mol. The Labute approximate surface area is 74.8 Å². The molecule has 0 saturated heterocycles. The summed E-state index contributed by atoms with van der Waals surface area (Å²) in [7, 11) is 0. The third-order valence-corrected chi connectivity index (χ3v) is 1.84. The Hall–Kier alpha value is -0.850. The molecule has 0 unspecified atom stereocenters. The topological polar surface area (TPSA) is 12.9 Å². The molecule has 0 spiro atoms. The third kappa shape index (κ3) is 2.65. The van der Waals surface area contributed by atoms with E-state index in [4.69, 9.17) is 0 Å². The molecule has 0 aromatic carbocycles. The van der Waals surface area contributed by atoms with Crippen molar-refractivity contribution in [2.75, 3.05) is 0 Å². The van der Waals surface area contributed by atoms with Crippen molar-refractivity contribution in [3.63, 3.8) is 0 Å². The fraction of sp³-hybridized carbons (Fsp3) is 0.545. The van der Waals surface area contributed by atoms with Crippen molar-refractivity contribution in [2.24, 2.45) is 5.41 Å². The normalized spacial score (nSPS) is 11.7. The quantitative estimate of drug-likeness (QED) is 0.620. The van der Waals surface area contributed by atoms with Gasteiger partial charge in [0.05, 0.1) is 0 Å². The molecule has 0 aliphatic carbocycles. The Bertz CT molecular complexity index is 258. The molecule has 1 aromatic rings. The van der Waals surface area contributed by atoms with E-state index in [1.54, 1.807) is 0 Å². The van der Waals surface area contributed by atoms with E-state index in [1.807, 2.05) is 12.3 Å². The van der Waals surface area contributed by atoms with Crippen LogP contribution in [0.15, 0.2) is 18.3 Å². The molecular weight excluding hydrogens is 146 g/mol. The van der Waals surface area contributed by atoms with E-state index < -0.39 is 0 Å². The number of rotatable bonds is 1. The van der Waals surface area contributed by atoms with Gasteiger partial charge in [0, 0.05) is 11.9 Å². The lowest BCUT2D eigenvalue weighted by molar-refractivity contribution is 0.409. The highest BCUT2D eigenvalue weighted by Crippen LogP contribution is 2.21. The van der Waals surface area contributed by atoms with Crippen LogP contribution in [0.3, 0.4) is 0 Å². The maximum atomic E-state index is 4.26. The van der Waals surface area contributed by atoms with Gasteiger partial charge >= 0.3 is 0 Å². The summed E-state index contributed by atoms with van der Waals surface area (Å²) in [6, 6.07) is 4.17. The van der Waals surface area contributed by atoms with Crippen LogP contribution in [-0.2, 0) is 6.42 Å². The van der Waals surface area contributed by atoms with E-state index in [0.717, 1.165) is 12.1 Å². The SMILES string of the molecule is Cc1ncccc1CC(C)(C)C. The maximum absolute atomic E-state index is 4.26. The van der Waals surface area contributed by atoms with Gasteiger partial charge in [0.25, 0.3) is 0 Å². The van der Waals surface area contributed by atoms with Crippen molar-refractivity contribution in [3.05, 3.63) is 29.6 Å². The predicted octanol–water partition coefficient (Wildman–Crippen LogP) is 2.98. The second-order valence-corrected chi connectivity index (χ2v) is 4.49. The number of pyridine rings is 1. The van der Waals surface area contributed by atoms with E-state index >= 15 is 0 Å². The first-order chi connectivity index (χ1) is 5.49. The Morgan fingerprint density at radius 3 is 2.50 bits per heavy atom. The second kappa shape index (κ2) is 3.26. The van der Waals surface area contributed by atoms with Crippen LogP contribution in [-0.4, -0.2) is 4.98 Å². The summed E-state index contributed by atoms with van der Waals surface area (Å²) in [5.41, 5.74) is 2.88. The van der Waals surface area contributed by atoms with Crippen molar-refractivity contribution in [2.45, 2.75) is 34.1 Å². The highest BCUT2D eigenvalue weighted by molar-refractivity contribution is 5.19. The molecule has 66 valence electrons. The minimum atomic E-state index is 0.355. The van der Waals surface area contributed by atoms with Crippen LogP contribution in [0.25, 0.3) is 0 Å². The van der Waals surface area contributed by atoms with Gasteiger partial charge in [0.15, 0.2) is 0 Å². The molecule has 0 amide bonds. The van der Waals surface area contributed by atoms with Gasteiger partial charge < -0.3 is 0 Å². The maximum Gasteiger partial charge on any atom is 0.0404 e. The van der Waals surface area contributed by atoms with Gasteiger partial charge in [-0.3, -0.25) is 4.98 Å². The molecule has 0 aliphatic heterocycles. The predicted molar refractivity (Wildman–Crippen MR) is 52.1 cm³/mol. The van der Waals surface area contributed by atoms with Gasteiger partial charge in [-0.05, 0) is 30.4 Å². The second-order valence-electron chi connectivity index (χ2n) is 4.49. The number of hydrogen-bond acceptors (Lipinski definition) is 1. The van der Waals surface area contributed by atoms with Gasteiger partial charge in [0.2, 0.25) is 0 Å². The number of nitrogens with zero attached hydrogens (tertiary/aromatic N) is 1. The van der Waals surface area contributed by atoms with E-state index in [0.29, 0.717) is 5.41 Å². The zero-order valence-electron chi connectivity index (χ0n) is 8.39. The summed E-state index contributed by atoms with van der Waals surface area (Å²) in [5, 5.41) is 0. The summed E-state index contributed by atoms with van der Waals surface area (Å²) in [6.45, 7) is 8.82. The molecule has 0 saturated carbocycles. The van der Waals surface area contributed by atoms with E-state index in [9.17, 15) is 0 Å². The molecule has 1 aromatic heterocycles. The Morgan fingerprint density at radius 1 is 1.33 bits per heavy atom. The smallest absolute Gasteiger partial charge is 0.0404 e. The van der Waals surface area contributed by atoms with Crippen molar-refractivity contribution < 1.29 is 0 Å². The number of aromatic nitrogens is 1. The zero-order valence-corrected chi connectivity index (χ0v) is 8.39. The molecule has 1 heteroatoms. The summed E-state index contributed by atoms with van der Waals surface area (Å²) in [4.78, 5) is 4.26.